The fraction of sp³-hybridized carbons (Fsp3) is 0.143. The Hall–Kier alpha value is -1.09. The quantitative estimate of drug-likeness (QED) is 0.650. The van der Waals surface area contributed by atoms with Gasteiger partial charge in [-0.3, -0.25) is 0 Å². The van der Waals surface area contributed by atoms with Crippen molar-refractivity contribution in [3.05, 3.63) is 59.7 Å². The van der Waals surface area contributed by atoms with Gasteiger partial charge in [0.1, 0.15) is 0 Å². The van der Waals surface area contributed by atoms with Gasteiger partial charge in [0.15, 0.2) is 0 Å². The monoisotopic (exact) mass is 261 g/mol. The van der Waals surface area contributed by atoms with Crippen molar-refractivity contribution >= 4 is 29.0 Å². The molecule has 0 aliphatic heterocycles. The van der Waals surface area contributed by atoms with Gasteiger partial charge in [0, 0.05) is 0 Å². The van der Waals surface area contributed by atoms with Gasteiger partial charge in [0.25, 0.3) is 7.55 Å². The van der Waals surface area contributed by atoms with Gasteiger partial charge in [-0.15, -0.1) is 11.1 Å². The van der Waals surface area contributed by atoms with Gasteiger partial charge in [0.05, 0.1) is 0 Å². The molecule has 1 nitrogen and oxygen atoms in total. The molecule has 0 unspecified atom stereocenters. The Bertz CT molecular complexity index is 455. The number of benzene rings is 2. The van der Waals surface area contributed by atoms with E-state index in [-0.39, 0.29) is 0 Å². The van der Waals surface area contributed by atoms with Crippen molar-refractivity contribution in [1.29, 1.82) is 0 Å². The third-order valence-electron chi connectivity index (χ3n) is 2.94. The second-order valence-corrected chi connectivity index (χ2v) is 8.81. The first-order valence-electron chi connectivity index (χ1n) is 5.62. The van der Waals surface area contributed by atoms with E-state index in [9.17, 15) is 0 Å². The summed E-state index contributed by atoms with van der Waals surface area (Å²) in [5.41, 5.74) is 2.44. The molecule has 0 saturated heterocycles. The van der Waals surface area contributed by atoms with E-state index < -0.39 is 7.55 Å². The zero-order chi connectivity index (χ0) is 12.5. The Kier molecular flexibility index (Phi) is 3.38. The molecule has 2 rings (SSSR count). The van der Waals surface area contributed by atoms with Crippen LogP contribution in [0, 0.1) is 13.8 Å². The van der Waals surface area contributed by atoms with E-state index >= 15 is 0 Å². The largest absolute Gasteiger partial charge is 0.332 e. The smallest absolute Gasteiger partial charge is 0.286 e. The molecule has 0 spiro atoms. The minimum atomic E-state index is -2.53. The van der Waals surface area contributed by atoms with Gasteiger partial charge in [-0.2, -0.15) is 0 Å². The van der Waals surface area contributed by atoms with E-state index in [0.29, 0.717) is 0 Å². The summed E-state index contributed by atoms with van der Waals surface area (Å²) < 4.78 is 0. The molecule has 0 bridgehead atoms. The van der Waals surface area contributed by atoms with Crippen LogP contribution in [-0.4, -0.2) is 7.55 Å². The Labute approximate surface area is 108 Å². The molecule has 0 atom stereocenters. The molecule has 17 heavy (non-hydrogen) atoms. The second kappa shape index (κ2) is 4.65. The number of nitrogens with two attached hydrogens (primary N) is 1. The lowest BCUT2D eigenvalue weighted by atomic mass is 10.2. The number of rotatable bonds is 2. The van der Waals surface area contributed by atoms with E-state index in [2.05, 4.69) is 38.1 Å². The van der Waals surface area contributed by atoms with Gasteiger partial charge >= 0.3 is 0 Å². The summed E-state index contributed by atoms with van der Waals surface area (Å²) >= 11 is 6.61. The molecule has 0 amide bonds. The molecule has 88 valence electrons. The number of hydrogen-bond donors (Lipinski definition) is 1. The van der Waals surface area contributed by atoms with Crippen molar-refractivity contribution in [2.75, 3.05) is 0 Å². The maximum atomic E-state index is 6.61. The molecular formula is C14H16ClNSi. The molecule has 3 heteroatoms. The van der Waals surface area contributed by atoms with Crippen LogP contribution in [0.25, 0.3) is 0 Å². The van der Waals surface area contributed by atoms with Crippen molar-refractivity contribution in [1.82, 2.24) is 0 Å². The summed E-state index contributed by atoms with van der Waals surface area (Å²) in [6.45, 7) is 4.12. The Morgan fingerprint density at radius 3 is 1.35 bits per heavy atom. The summed E-state index contributed by atoms with van der Waals surface area (Å²) in [6, 6.07) is 16.4. The van der Waals surface area contributed by atoms with Crippen LogP contribution in [0.1, 0.15) is 11.1 Å². The fourth-order valence-corrected chi connectivity index (χ4v) is 4.15. The average Bonchev–Trinajstić information content (AvgIpc) is 2.30. The number of halogens is 1. The third-order valence-corrected chi connectivity index (χ3v) is 6.60. The van der Waals surface area contributed by atoms with Crippen LogP contribution in [0.5, 0.6) is 0 Å². The molecule has 0 aliphatic rings. The van der Waals surface area contributed by atoms with Gasteiger partial charge < -0.3 is 5.40 Å². The maximum Gasteiger partial charge on any atom is 0.286 e. The highest BCUT2D eigenvalue weighted by molar-refractivity contribution is 7.32. The van der Waals surface area contributed by atoms with Crippen molar-refractivity contribution in [3.63, 3.8) is 0 Å². The lowest BCUT2D eigenvalue weighted by molar-refractivity contribution is 1.47. The molecule has 0 aliphatic carbocycles. The normalized spacial score (nSPS) is 11.5. The van der Waals surface area contributed by atoms with Crippen molar-refractivity contribution in [2.45, 2.75) is 13.8 Å². The highest BCUT2D eigenvalue weighted by Gasteiger charge is 2.30. The van der Waals surface area contributed by atoms with Crippen LogP contribution in [0.4, 0.5) is 0 Å². The zero-order valence-electron chi connectivity index (χ0n) is 10.1. The highest BCUT2D eigenvalue weighted by Crippen LogP contribution is 2.06. The number of hydrogen-bond acceptors (Lipinski definition) is 1. The zero-order valence-corrected chi connectivity index (χ0v) is 11.8. The van der Waals surface area contributed by atoms with Gasteiger partial charge in [0.2, 0.25) is 0 Å². The van der Waals surface area contributed by atoms with Crippen LogP contribution >= 0.6 is 11.1 Å². The van der Waals surface area contributed by atoms with E-state index in [0.717, 1.165) is 10.4 Å². The van der Waals surface area contributed by atoms with Crippen LogP contribution in [-0.2, 0) is 0 Å². The van der Waals surface area contributed by atoms with E-state index in [4.69, 9.17) is 16.5 Å². The van der Waals surface area contributed by atoms with Crippen LogP contribution < -0.4 is 15.8 Å². The van der Waals surface area contributed by atoms with Crippen LogP contribution in [0.15, 0.2) is 48.5 Å². The van der Waals surface area contributed by atoms with E-state index in [1.165, 1.54) is 11.1 Å². The number of aryl methyl sites for hydroxylation is 2. The molecule has 0 radical (unpaired) electrons. The molecule has 2 aromatic carbocycles. The maximum absolute atomic E-state index is 6.61. The Morgan fingerprint density at radius 1 is 0.765 bits per heavy atom. The highest BCUT2D eigenvalue weighted by atomic mass is 35.6. The van der Waals surface area contributed by atoms with Crippen molar-refractivity contribution < 1.29 is 0 Å². The summed E-state index contributed by atoms with van der Waals surface area (Å²) in [4.78, 5) is 0. The molecule has 0 fully saturated rings. The fourth-order valence-electron chi connectivity index (χ4n) is 1.76. The van der Waals surface area contributed by atoms with E-state index in [1.54, 1.807) is 0 Å². The third kappa shape index (κ3) is 2.60. The summed E-state index contributed by atoms with van der Waals surface area (Å²) in [6.07, 6.45) is 0. The van der Waals surface area contributed by atoms with Crippen molar-refractivity contribution in [2.24, 2.45) is 5.40 Å². The SMILES string of the molecule is Cc1ccc([Si](N)(Cl)c2ccc(C)cc2)cc1. The van der Waals surface area contributed by atoms with Gasteiger partial charge in [-0.25, -0.2) is 0 Å². The van der Waals surface area contributed by atoms with Crippen LogP contribution in [0.3, 0.4) is 0 Å². The Morgan fingerprint density at radius 2 is 1.06 bits per heavy atom. The summed E-state index contributed by atoms with van der Waals surface area (Å²) in [5.74, 6) is 0. The van der Waals surface area contributed by atoms with E-state index in [1.807, 2.05) is 24.3 Å². The van der Waals surface area contributed by atoms with Gasteiger partial charge in [-0.1, -0.05) is 59.7 Å². The minimum Gasteiger partial charge on any atom is -0.332 e. The summed E-state index contributed by atoms with van der Waals surface area (Å²) in [5, 5.41) is 8.46. The lowest BCUT2D eigenvalue weighted by Gasteiger charge is -2.20. The molecule has 0 saturated carbocycles. The second-order valence-electron chi connectivity index (χ2n) is 4.44. The molecule has 2 aromatic rings. The molecular weight excluding hydrogens is 246 g/mol. The first kappa shape index (κ1) is 12.4. The minimum absolute atomic E-state index is 1.05. The molecule has 0 aromatic heterocycles. The predicted octanol–water partition coefficient (Wildman–Crippen LogP) is 2.06. The lowest BCUT2D eigenvalue weighted by Crippen LogP contribution is -2.61. The van der Waals surface area contributed by atoms with Gasteiger partial charge in [-0.05, 0) is 24.2 Å². The average molecular weight is 262 g/mol. The predicted molar refractivity (Wildman–Crippen MR) is 77.4 cm³/mol. The standard InChI is InChI=1S/C14H16ClNSi/c1-11-3-7-13(8-4-11)17(15,16)14-9-5-12(2)6-10-14/h3-10H,16H2,1-2H3. The molecule has 2 N–H and O–H groups in total. The van der Waals surface area contributed by atoms with Crippen molar-refractivity contribution in [3.8, 4) is 0 Å². The first-order valence-corrected chi connectivity index (χ1v) is 8.71. The van der Waals surface area contributed by atoms with Crippen LogP contribution in [0.2, 0.25) is 0 Å². The first-order chi connectivity index (χ1) is 8.00. The summed E-state index contributed by atoms with van der Waals surface area (Å²) in [7, 11) is -2.53. The molecule has 0 heterocycles. The topological polar surface area (TPSA) is 26.0 Å². The Balaban J connectivity index is 2.41.